The number of anilines is 1. The standard InChI is InChI=1S/C14H22N4/c1-2-18-10-8-13(9-11-18)17-14(15)16-12-6-4-3-5-7-12/h3-7,13H,2,8-11H2,1H3,(H3,15,16,17). The zero-order valence-corrected chi connectivity index (χ0v) is 11.0. The number of benzene rings is 1. The Hall–Kier alpha value is -1.55. The van der Waals surface area contributed by atoms with Gasteiger partial charge in [0.25, 0.3) is 0 Å². The maximum Gasteiger partial charge on any atom is 0.193 e. The Morgan fingerprint density at radius 2 is 2.00 bits per heavy atom. The minimum absolute atomic E-state index is 0.365. The molecule has 0 radical (unpaired) electrons. The van der Waals surface area contributed by atoms with Gasteiger partial charge in [-0.1, -0.05) is 25.1 Å². The second-order valence-electron chi connectivity index (χ2n) is 4.67. The first-order valence-electron chi connectivity index (χ1n) is 6.65. The fourth-order valence-electron chi connectivity index (χ4n) is 2.26. The van der Waals surface area contributed by atoms with Crippen molar-refractivity contribution in [2.45, 2.75) is 25.8 Å². The van der Waals surface area contributed by atoms with Crippen LogP contribution in [0.25, 0.3) is 0 Å². The Balaban J connectivity index is 1.86. The van der Waals surface area contributed by atoms with Gasteiger partial charge in [-0.3, -0.25) is 0 Å². The second-order valence-corrected chi connectivity index (χ2v) is 4.67. The number of nitrogens with two attached hydrogens (primary N) is 1. The molecule has 18 heavy (non-hydrogen) atoms. The zero-order valence-electron chi connectivity index (χ0n) is 11.0. The molecule has 4 nitrogen and oxygen atoms in total. The quantitative estimate of drug-likeness (QED) is 0.632. The van der Waals surface area contributed by atoms with Crippen molar-refractivity contribution in [2.75, 3.05) is 25.0 Å². The highest BCUT2D eigenvalue weighted by Gasteiger charge is 2.17. The third kappa shape index (κ3) is 3.74. The van der Waals surface area contributed by atoms with E-state index in [1.807, 2.05) is 30.3 Å². The Morgan fingerprint density at radius 1 is 1.33 bits per heavy atom. The van der Waals surface area contributed by atoms with E-state index in [1.54, 1.807) is 0 Å². The van der Waals surface area contributed by atoms with Crippen LogP contribution < -0.4 is 11.1 Å². The topological polar surface area (TPSA) is 53.6 Å². The summed E-state index contributed by atoms with van der Waals surface area (Å²) < 4.78 is 0. The third-order valence-electron chi connectivity index (χ3n) is 3.37. The van der Waals surface area contributed by atoms with Crippen LogP contribution in [0.4, 0.5) is 5.69 Å². The number of hydrogen-bond acceptors (Lipinski definition) is 2. The average Bonchev–Trinajstić information content (AvgIpc) is 2.40. The van der Waals surface area contributed by atoms with Crippen LogP contribution in [0.2, 0.25) is 0 Å². The van der Waals surface area contributed by atoms with Crippen LogP contribution in [0.1, 0.15) is 19.8 Å². The zero-order chi connectivity index (χ0) is 12.8. The smallest absolute Gasteiger partial charge is 0.193 e. The van der Waals surface area contributed by atoms with E-state index in [-0.39, 0.29) is 0 Å². The molecule has 3 N–H and O–H groups in total. The van der Waals surface area contributed by atoms with Crippen LogP contribution in [0, 0.1) is 0 Å². The van der Waals surface area contributed by atoms with Crippen LogP contribution in [0.3, 0.4) is 0 Å². The van der Waals surface area contributed by atoms with Gasteiger partial charge in [0, 0.05) is 18.8 Å². The maximum absolute atomic E-state index is 5.93. The van der Waals surface area contributed by atoms with Gasteiger partial charge in [0.05, 0.1) is 6.04 Å². The summed E-state index contributed by atoms with van der Waals surface area (Å²) in [5.41, 5.74) is 6.92. The lowest BCUT2D eigenvalue weighted by Gasteiger charge is -2.29. The van der Waals surface area contributed by atoms with Gasteiger partial charge in [-0.2, -0.15) is 0 Å². The number of para-hydroxylation sites is 1. The fourth-order valence-corrected chi connectivity index (χ4v) is 2.26. The molecule has 1 saturated heterocycles. The van der Waals surface area contributed by atoms with Gasteiger partial charge >= 0.3 is 0 Å². The SMILES string of the molecule is CCN1CCC(N=C(N)Nc2ccccc2)CC1. The molecule has 0 saturated carbocycles. The molecule has 0 aliphatic carbocycles. The molecule has 4 heteroatoms. The Bertz CT molecular complexity index is 380. The first kappa shape index (κ1) is 12.9. The van der Waals surface area contributed by atoms with Gasteiger partial charge in [-0.15, -0.1) is 0 Å². The van der Waals surface area contributed by atoms with Crippen molar-refractivity contribution in [3.63, 3.8) is 0 Å². The molecule has 1 heterocycles. The highest BCUT2D eigenvalue weighted by molar-refractivity contribution is 5.92. The summed E-state index contributed by atoms with van der Waals surface area (Å²) in [4.78, 5) is 7.01. The highest BCUT2D eigenvalue weighted by Crippen LogP contribution is 2.13. The normalized spacial score (nSPS) is 18.8. The first-order chi connectivity index (χ1) is 8.78. The molecule has 0 bridgehead atoms. The van der Waals surface area contributed by atoms with Crippen LogP contribution in [-0.2, 0) is 0 Å². The van der Waals surface area contributed by atoms with Gasteiger partial charge in [0.1, 0.15) is 0 Å². The monoisotopic (exact) mass is 246 g/mol. The number of piperidine rings is 1. The number of likely N-dealkylation sites (tertiary alicyclic amines) is 1. The number of nitrogens with zero attached hydrogens (tertiary/aromatic N) is 2. The Kier molecular flexibility index (Phi) is 4.59. The molecule has 0 amide bonds. The predicted molar refractivity (Wildman–Crippen MR) is 76.8 cm³/mol. The van der Waals surface area contributed by atoms with E-state index in [0.29, 0.717) is 12.0 Å². The molecule has 1 aromatic rings. The molecule has 0 unspecified atom stereocenters. The van der Waals surface area contributed by atoms with Crippen LogP contribution in [0.15, 0.2) is 35.3 Å². The van der Waals surface area contributed by atoms with Crippen molar-refractivity contribution in [1.82, 2.24) is 4.90 Å². The van der Waals surface area contributed by atoms with Crippen molar-refractivity contribution >= 4 is 11.6 Å². The van der Waals surface area contributed by atoms with Crippen molar-refractivity contribution in [2.24, 2.45) is 10.7 Å². The van der Waals surface area contributed by atoms with E-state index in [2.05, 4.69) is 22.1 Å². The van der Waals surface area contributed by atoms with Crippen molar-refractivity contribution in [3.8, 4) is 0 Å². The summed E-state index contributed by atoms with van der Waals surface area (Å²) in [7, 11) is 0. The van der Waals surface area contributed by atoms with Crippen LogP contribution >= 0.6 is 0 Å². The molecule has 1 aliphatic rings. The molecular weight excluding hydrogens is 224 g/mol. The van der Waals surface area contributed by atoms with Crippen molar-refractivity contribution in [3.05, 3.63) is 30.3 Å². The van der Waals surface area contributed by atoms with E-state index in [4.69, 9.17) is 5.73 Å². The molecule has 2 rings (SSSR count). The van der Waals surface area contributed by atoms with E-state index < -0.39 is 0 Å². The first-order valence-corrected chi connectivity index (χ1v) is 6.65. The maximum atomic E-state index is 5.93. The lowest BCUT2D eigenvalue weighted by molar-refractivity contribution is 0.224. The molecule has 1 aliphatic heterocycles. The molecule has 1 aromatic carbocycles. The van der Waals surface area contributed by atoms with Gasteiger partial charge < -0.3 is 16.0 Å². The number of guanidine groups is 1. The number of rotatable bonds is 3. The van der Waals surface area contributed by atoms with E-state index in [1.165, 1.54) is 0 Å². The lowest BCUT2D eigenvalue weighted by Crippen LogP contribution is -2.36. The molecule has 1 fully saturated rings. The summed E-state index contributed by atoms with van der Waals surface area (Å²) in [6.45, 7) is 5.59. The second kappa shape index (κ2) is 6.40. The molecule has 98 valence electrons. The van der Waals surface area contributed by atoms with Gasteiger partial charge in [0.15, 0.2) is 5.96 Å². The largest absolute Gasteiger partial charge is 0.370 e. The molecule has 0 atom stereocenters. The fraction of sp³-hybridized carbons (Fsp3) is 0.500. The summed E-state index contributed by atoms with van der Waals surface area (Å²) in [5.74, 6) is 0.524. The van der Waals surface area contributed by atoms with Crippen molar-refractivity contribution < 1.29 is 0 Å². The van der Waals surface area contributed by atoms with E-state index in [9.17, 15) is 0 Å². The van der Waals surface area contributed by atoms with Gasteiger partial charge in [-0.25, -0.2) is 4.99 Å². The molecule has 0 aromatic heterocycles. The Morgan fingerprint density at radius 3 is 2.61 bits per heavy atom. The number of hydrogen-bond donors (Lipinski definition) is 2. The highest BCUT2D eigenvalue weighted by atomic mass is 15.1. The lowest BCUT2D eigenvalue weighted by atomic mass is 10.1. The minimum Gasteiger partial charge on any atom is -0.370 e. The third-order valence-corrected chi connectivity index (χ3v) is 3.37. The Labute approximate surface area is 109 Å². The summed E-state index contributed by atoms with van der Waals surface area (Å²) in [6.07, 6.45) is 2.20. The average molecular weight is 246 g/mol. The summed E-state index contributed by atoms with van der Waals surface area (Å²) in [5, 5.41) is 3.13. The van der Waals surface area contributed by atoms with Crippen LogP contribution in [-0.4, -0.2) is 36.5 Å². The van der Waals surface area contributed by atoms with Gasteiger partial charge in [-0.05, 0) is 31.5 Å². The predicted octanol–water partition coefficient (Wildman–Crippen LogP) is 1.90. The number of aliphatic imine (C=N–C) groups is 1. The van der Waals surface area contributed by atoms with Crippen molar-refractivity contribution in [1.29, 1.82) is 0 Å². The molecular formula is C14H22N4. The molecule has 0 spiro atoms. The summed E-state index contributed by atoms with van der Waals surface area (Å²) >= 11 is 0. The summed E-state index contributed by atoms with van der Waals surface area (Å²) in [6, 6.07) is 10.3. The minimum atomic E-state index is 0.365. The van der Waals surface area contributed by atoms with Gasteiger partial charge in [0.2, 0.25) is 0 Å². The van der Waals surface area contributed by atoms with Crippen LogP contribution in [0.5, 0.6) is 0 Å². The number of nitrogens with one attached hydrogen (secondary N) is 1. The van der Waals surface area contributed by atoms with E-state index in [0.717, 1.165) is 38.2 Å². The van der Waals surface area contributed by atoms with E-state index >= 15 is 0 Å².